The number of nitrogens with two attached hydrogens (primary N) is 1. The molecule has 1 heterocycles. The molecule has 1 aromatic carbocycles. The average Bonchev–Trinajstić information content (AvgIpc) is 2.31. The van der Waals surface area contributed by atoms with Crippen LogP contribution in [0.3, 0.4) is 0 Å². The molecule has 1 fully saturated rings. The number of nitrogens with zero attached hydrogens (tertiary/aromatic N) is 2. The molecule has 1 aliphatic rings. The van der Waals surface area contributed by atoms with Gasteiger partial charge in [-0.2, -0.15) is 0 Å². The number of benzene rings is 1. The van der Waals surface area contributed by atoms with E-state index < -0.39 is 0 Å². The van der Waals surface area contributed by atoms with Gasteiger partial charge in [-0.15, -0.1) is 0 Å². The Labute approximate surface area is 117 Å². The molecule has 0 aliphatic carbocycles. The molecule has 0 bridgehead atoms. The Morgan fingerprint density at radius 1 is 1.11 bits per heavy atom. The summed E-state index contributed by atoms with van der Waals surface area (Å²) in [4.78, 5) is 4.72. The number of anilines is 1. The van der Waals surface area contributed by atoms with Gasteiger partial charge in [0.25, 0.3) is 0 Å². The highest BCUT2D eigenvalue weighted by atomic mass is 79.9. The fourth-order valence-corrected chi connectivity index (χ4v) is 2.90. The van der Waals surface area contributed by atoms with E-state index in [0.717, 1.165) is 49.4 Å². The van der Waals surface area contributed by atoms with Crippen molar-refractivity contribution in [2.24, 2.45) is 0 Å². The molecule has 0 saturated carbocycles. The third-order valence-corrected chi connectivity index (χ3v) is 3.73. The summed E-state index contributed by atoms with van der Waals surface area (Å²) in [5.74, 6) is 0. The van der Waals surface area contributed by atoms with Crippen LogP contribution in [0.25, 0.3) is 0 Å². The maximum Gasteiger partial charge on any atom is 0.0558 e. The quantitative estimate of drug-likeness (QED) is 0.819. The monoisotopic (exact) mass is 313 g/mol. The summed E-state index contributed by atoms with van der Waals surface area (Å²) in [6.07, 6.45) is 0. The lowest BCUT2D eigenvalue weighted by atomic mass is 10.2. The van der Waals surface area contributed by atoms with Crippen LogP contribution in [0.5, 0.6) is 0 Å². The van der Waals surface area contributed by atoms with Crippen molar-refractivity contribution in [1.29, 1.82) is 0 Å². The molecule has 0 unspecified atom stereocenters. The highest BCUT2D eigenvalue weighted by molar-refractivity contribution is 9.10. The molecule has 4 nitrogen and oxygen atoms in total. The number of halogens is 1. The summed E-state index contributed by atoms with van der Waals surface area (Å²) in [6, 6.07) is 6.07. The van der Waals surface area contributed by atoms with E-state index in [4.69, 9.17) is 10.8 Å². The fourth-order valence-electron chi connectivity index (χ4n) is 2.34. The van der Waals surface area contributed by atoms with Crippen LogP contribution in [0, 0.1) is 0 Å². The number of hydrogen-bond acceptors (Lipinski definition) is 4. The van der Waals surface area contributed by atoms with E-state index >= 15 is 0 Å². The Morgan fingerprint density at radius 3 is 2.39 bits per heavy atom. The van der Waals surface area contributed by atoms with Crippen molar-refractivity contribution < 1.29 is 5.11 Å². The van der Waals surface area contributed by atoms with Gasteiger partial charge in [-0.05, 0) is 23.8 Å². The third kappa shape index (κ3) is 3.95. The zero-order chi connectivity index (χ0) is 13.0. The lowest BCUT2D eigenvalue weighted by Gasteiger charge is -2.34. The van der Waals surface area contributed by atoms with E-state index in [1.54, 1.807) is 0 Å². The van der Waals surface area contributed by atoms with Crippen molar-refractivity contribution in [2.75, 3.05) is 45.1 Å². The predicted octanol–water partition coefficient (Wildman–Crippen LogP) is 1.14. The zero-order valence-electron chi connectivity index (χ0n) is 10.5. The molecule has 0 atom stereocenters. The number of aliphatic hydroxyl groups is 1. The second kappa shape index (κ2) is 6.52. The highest BCUT2D eigenvalue weighted by Gasteiger charge is 2.16. The van der Waals surface area contributed by atoms with Crippen molar-refractivity contribution in [1.82, 2.24) is 9.80 Å². The van der Waals surface area contributed by atoms with Crippen molar-refractivity contribution in [3.8, 4) is 0 Å². The maximum absolute atomic E-state index is 8.91. The number of hydrogen-bond donors (Lipinski definition) is 2. The molecular weight excluding hydrogens is 294 g/mol. The fraction of sp³-hybridized carbons (Fsp3) is 0.538. The first-order valence-electron chi connectivity index (χ1n) is 6.28. The number of aliphatic hydroxyl groups excluding tert-OH is 1. The van der Waals surface area contributed by atoms with Gasteiger partial charge in [0.05, 0.1) is 6.61 Å². The first kappa shape index (κ1) is 13.8. The van der Waals surface area contributed by atoms with Crippen LogP contribution in [0.1, 0.15) is 5.56 Å². The first-order chi connectivity index (χ1) is 8.67. The number of β-amino-alcohol motifs (C(OH)–C–C–N with tert-alkyl or cyclic N) is 1. The molecule has 18 heavy (non-hydrogen) atoms. The molecule has 1 aliphatic heterocycles. The van der Waals surface area contributed by atoms with Crippen LogP contribution in [-0.4, -0.2) is 54.2 Å². The van der Waals surface area contributed by atoms with E-state index in [1.807, 2.05) is 12.1 Å². The van der Waals surface area contributed by atoms with Crippen molar-refractivity contribution in [2.45, 2.75) is 6.54 Å². The minimum absolute atomic E-state index is 0.252. The minimum Gasteiger partial charge on any atom is -0.399 e. The van der Waals surface area contributed by atoms with Crippen LogP contribution in [0.2, 0.25) is 0 Å². The van der Waals surface area contributed by atoms with Crippen LogP contribution in [-0.2, 0) is 6.54 Å². The summed E-state index contributed by atoms with van der Waals surface area (Å²) in [7, 11) is 0. The molecule has 0 radical (unpaired) electrons. The van der Waals surface area contributed by atoms with Gasteiger partial charge in [0.1, 0.15) is 0 Å². The van der Waals surface area contributed by atoms with Gasteiger partial charge in [0.15, 0.2) is 0 Å². The standard InChI is InChI=1S/C13H20BrN3O/c14-12-7-11(8-13(15)9-12)10-17-3-1-16(2-4-17)5-6-18/h7-9,18H,1-6,10,15H2. The summed E-state index contributed by atoms with van der Waals surface area (Å²) in [5.41, 5.74) is 7.89. The minimum atomic E-state index is 0.252. The Hall–Kier alpha value is -0.620. The summed E-state index contributed by atoms with van der Waals surface area (Å²) >= 11 is 3.47. The molecule has 1 saturated heterocycles. The molecule has 5 heteroatoms. The number of nitrogen functional groups attached to an aromatic ring is 1. The van der Waals surface area contributed by atoms with Gasteiger partial charge in [0.2, 0.25) is 0 Å². The lowest BCUT2D eigenvalue weighted by Crippen LogP contribution is -2.46. The molecular formula is C13H20BrN3O. The Bertz CT molecular complexity index is 372. The zero-order valence-corrected chi connectivity index (χ0v) is 12.1. The van der Waals surface area contributed by atoms with Gasteiger partial charge in [-0.25, -0.2) is 0 Å². The Balaban J connectivity index is 1.87. The summed E-state index contributed by atoms with van der Waals surface area (Å²) in [5, 5.41) is 8.91. The predicted molar refractivity (Wildman–Crippen MR) is 77.4 cm³/mol. The average molecular weight is 314 g/mol. The van der Waals surface area contributed by atoms with Crippen molar-refractivity contribution >= 4 is 21.6 Å². The van der Waals surface area contributed by atoms with E-state index in [9.17, 15) is 0 Å². The highest BCUT2D eigenvalue weighted by Crippen LogP contribution is 2.19. The summed E-state index contributed by atoms with van der Waals surface area (Å²) in [6.45, 7) is 6.14. The van der Waals surface area contributed by atoms with E-state index in [0.29, 0.717) is 0 Å². The van der Waals surface area contributed by atoms with Crippen LogP contribution in [0.15, 0.2) is 22.7 Å². The van der Waals surface area contributed by atoms with Crippen LogP contribution >= 0.6 is 15.9 Å². The molecule has 0 aromatic heterocycles. The summed E-state index contributed by atoms with van der Waals surface area (Å²) < 4.78 is 1.04. The van der Waals surface area contributed by atoms with Crippen LogP contribution < -0.4 is 5.73 Å². The van der Waals surface area contributed by atoms with E-state index in [2.05, 4.69) is 31.8 Å². The molecule has 2 rings (SSSR count). The van der Waals surface area contributed by atoms with Gasteiger partial charge >= 0.3 is 0 Å². The van der Waals surface area contributed by atoms with Crippen molar-refractivity contribution in [3.63, 3.8) is 0 Å². The maximum atomic E-state index is 8.91. The Kier molecular flexibility index (Phi) is 5.00. The lowest BCUT2D eigenvalue weighted by molar-refractivity contribution is 0.108. The normalized spacial score (nSPS) is 18.1. The second-order valence-electron chi connectivity index (χ2n) is 4.73. The first-order valence-corrected chi connectivity index (χ1v) is 7.07. The van der Waals surface area contributed by atoms with Gasteiger partial charge in [0, 0.05) is 49.4 Å². The van der Waals surface area contributed by atoms with Gasteiger partial charge in [-0.3, -0.25) is 9.80 Å². The smallest absolute Gasteiger partial charge is 0.0558 e. The molecule has 0 amide bonds. The van der Waals surface area contributed by atoms with Gasteiger partial charge < -0.3 is 10.8 Å². The second-order valence-corrected chi connectivity index (χ2v) is 5.65. The van der Waals surface area contributed by atoms with Crippen LogP contribution in [0.4, 0.5) is 5.69 Å². The Morgan fingerprint density at radius 2 is 1.78 bits per heavy atom. The molecule has 100 valence electrons. The van der Waals surface area contributed by atoms with Gasteiger partial charge in [-0.1, -0.05) is 15.9 Å². The number of rotatable bonds is 4. The van der Waals surface area contributed by atoms with E-state index in [1.165, 1.54) is 5.56 Å². The molecule has 0 spiro atoms. The number of piperazine rings is 1. The third-order valence-electron chi connectivity index (χ3n) is 3.27. The topological polar surface area (TPSA) is 52.7 Å². The molecule has 1 aromatic rings. The van der Waals surface area contributed by atoms with E-state index in [-0.39, 0.29) is 6.61 Å². The SMILES string of the molecule is Nc1cc(Br)cc(CN2CCN(CCO)CC2)c1. The van der Waals surface area contributed by atoms with Crippen molar-refractivity contribution in [3.05, 3.63) is 28.2 Å². The largest absolute Gasteiger partial charge is 0.399 e. The molecule has 3 N–H and O–H groups in total.